The van der Waals surface area contributed by atoms with Gasteiger partial charge >= 0.3 is 0 Å². The molecule has 2 rings (SSSR count). The number of halogens is 1. The van der Waals surface area contributed by atoms with Gasteiger partial charge in [-0.25, -0.2) is 0 Å². The highest BCUT2D eigenvalue weighted by atomic mass is 79.9. The first-order valence-electron chi connectivity index (χ1n) is 6.38. The van der Waals surface area contributed by atoms with Crippen LogP contribution in [0.3, 0.4) is 0 Å². The SMILES string of the molecule is CCn1nc(C)cc1CC(CBr)c1ccccc1. The van der Waals surface area contributed by atoms with Crippen molar-refractivity contribution in [2.24, 2.45) is 0 Å². The maximum atomic E-state index is 4.51. The predicted molar refractivity (Wildman–Crippen MR) is 79.3 cm³/mol. The molecular formula is C15H19BrN2. The maximum absolute atomic E-state index is 4.51. The van der Waals surface area contributed by atoms with Gasteiger partial charge in [0.15, 0.2) is 0 Å². The molecule has 0 aliphatic heterocycles. The van der Waals surface area contributed by atoms with E-state index in [0.717, 1.165) is 24.0 Å². The lowest BCUT2D eigenvalue weighted by molar-refractivity contribution is 0.597. The van der Waals surface area contributed by atoms with Crippen LogP contribution in [-0.2, 0) is 13.0 Å². The lowest BCUT2D eigenvalue weighted by Crippen LogP contribution is -2.09. The Kier molecular flexibility index (Phi) is 4.59. The van der Waals surface area contributed by atoms with Gasteiger partial charge in [-0.05, 0) is 37.8 Å². The Morgan fingerprint density at radius 3 is 2.61 bits per heavy atom. The molecule has 1 atom stereocenters. The lowest BCUT2D eigenvalue weighted by atomic mass is 9.96. The quantitative estimate of drug-likeness (QED) is 0.765. The molecule has 1 aromatic heterocycles. The van der Waals surface area contributed by atoms with E-state index in [-0.39, 0.29) is 0 Å². The van der Waals surface area contributed by atoms with Gasteiger partial charge in [0.25, 0.3) is 0 Å². The Hall–Kier alpha value is -1.09. The van der Waals surface area contributed by atoms with E-state index in [4.69, 9.17) is 0 Å². The number of nitrogens with zero attached hydrogens (tertiary/aromatic N) is 2. The predicted octanol–water partition coefficient (Wildman–Crippen LogP) is 3.93. The summed E-state index contributed by atoms with van der Waals surface area (Å²) in [6.07, 6.45) is 1.03. The molecule has 1 aromatic carbocycles. The zero-order valence-corrected chi connectivity index (χ0v) is 12.5. The van der Waals surface area contributed by atoms with Crippen molar-refractivity contribution in [2.75, 3.05) is 5.33 Å². The minimum absolute atomic E-state index is 0.507. The third kappa shape index (κ3) is 3.02. The zero-order chi connectivity index (χ0) is 13.0. The topological polar surface area (TPSA) is 17.8 Å². The van der Waals surface area contributed by atoms with Gasteiger partial charge in [-0.15, -0.1) is 0 Å². The minimum Gasteiger partial charge on any atom is -0.270 e. The molecule has 0 aliphatic carbocycles. The molecule has 0 amide bonds. The summed E-state index contributed by atoms with van der Waals surface area (Å²) in [5.74, 6) is 0.507. The van der Waals surface area contributed by atoms with Crippen molar-refractivity contribution in [3.05, 3.63) is 53.3 Å². The average molecular weight is 307 g/mol. The molecule has 0 saturated heterocycles. The summed E-state index contributed by atoms with van der Waals surface area (Å²) >= 11 is 3.63. The first-order chi connectivity index (χ1) is 8.74. The van der Waals surface area contributed by atoms with Crippen LogP contribution in [0.15, 0.2) is 36.4 Å². The van der Waals surface area contributed by atoms with Crippen LogP contribution in [0.4, 0.5) is 0 Å². The van der Waals surface area contributed by atoms with E-state index >= 15 is 0 Å². The first kappa shape index (κ1) is 13.3. The monoisotopic (exact) mass is 306 g/mol. The molecule has 18 heavy (non-hydrogen) atoms. The Balaban J connectivity index is 2.20. The second kappa shape index (κ2) is 6.19. The molecule has 2 nitrogen and oxygen atoms in total. The molecule has 0 radical (unpaired) electrons. The summed E-state index contributed by atoms with van der Waals surface area (Å²) < 4.78 is 2.11. The van der Waals surface area contributed by atoms with Gasteiger partial charge in [-0.1, -0.05) is 46.3 Å². The van der Waals surface area contributed by atoms with E-state index in [1.165, 1.54) is 11.3 Å². The highest BCUT2D eigenvalue weighted by Gasteiger charge is 2.14. The molecule has 96 valence electrons. The van der Waals surface area contributed by atoms with Gasteiger partial charge in [-0.3, -0.25) is 4.68 Å². The van der Waals surface area contributed by atoms with Crippen LogP contribution in [0.5, 0.6) is 0 Å². The van der Waals surface area contributed by atoms with Gasteiger partial charge in [-0.2, -0.15) is 5.10 Å². The van der Waals surface area contributed by atoms with Crippen LogP contribution >= 0.6 is 15.9 Å². The van der Waals surface area contributed by atoms with Gasteiger partial charge in [0.05, 0.1) is 5.69 Å². The molecule has 1 heterocycles. The fourth-order valence-corrected chi connectivity index (χ4v) is 2.88. The number of benzene rings is 1. The number of rotatable bonds is 5. The summed E-state index contributed by atoms with van der Waals surface area (Å²) in [5.41, 5.74) is 3.81. The molecule has 2 aromatic rings. The van der Waals surface area contributed by atoms with Crippen molar-refractivity contribution in [3.63, 3.8) is 0 Å². The second-order valence-corrected chi connectivity index (χ2v) is 5.21. The standard InChI is InChI=1S/C15H19BrN2/c1-3-18-15(9-12(2)17-18)10-14(11-16)13-7-5-4-6-8-13/h4-9,14H,3,10-11H2,1-2H3. The highest BCUT2D eigenvalue weighted by molar-refractivity contribution is 9.09. The Morgan fingerprint density at radius 2 is 2.00 bits per heavy atom. The third-order valence-corrected chi connectivity index (χ3v) is 3.98. The van der Waals surface area contributed by atoms with E-state index in [1.54, 1.807) is 0 Å². The molecule has 0 bridgehead atoms. The van der Waals surface area contributed by atoms with E-state index in [2.05, 4.69) is 76.0 Å². The number of hydrogen-bond acceptors (Lipinski definition) is 1. The van der Waals surface area contributed by atoms with Crippen molar-refractivity contribution < 1.29 is 0 Å². The molecule has 0 N–H and O–H groups in total. The summed E-state index contributed by atoms with van der Waals surface area (Å²) in [6.45, 7) is 5.13. The fourth-order valence-electron chi connectivity index (χ4n) is 2.28. The fraction of sp³-hybridized carbons (Fsp3) is 0.400. The van der Waals surface area contributed by atoms with Crippen molar-refractivity contribution in [1.82, 2.24) is 9.78 Å². The Bertz CT molecular complexity index is 490. The minimum atomic E-state index is 0.507. The summed E-state index contributed by atoms with van der Waals surface area (Å²) in [6, 6.07) is 12.9. The Labute approximate surface area is 117 Å². The molecule has 0 spiro atoms. The van der Waals surface area contributed by atoms with Gasteiger partial charge < -0.3 is 0 Å². The number of aryl methyl sites for hydroxylation is 2. The number of hydrogen-bond donors (Lipinski definition) is 0. The van der Waals surface area contributed by atoms with Crippen LogP contribution in [-0.4, -0.2) is 15.1 Å². The zero-order valence-electron chi connectivity index (χ0n) is 10.9. The molecule has 0 fully saturated rings. The highest BCUT2D eigenvalue weighted by Crippen LogP contribution is 2.23. The Morgan fingerprint density at radius 1 is 1.28 bits per heavy atom. The number of aromatic nitrogens is 2. The van der Waals surface area contributed by atoms with Crippen LogP contribution in [0.1, 0.15) is 29.8 Å². The van der Waals surface area contributed by atoms with Crippen LogP contribution < -0.4 is 0 Å². The largest absolute Gasteiger partial charge is 0.270 e. The average Bonchev–Trinajstić information content (AvgIpc) is 2.77. The molecular weight excluding hydrogens is 288 g/mol. The maximum Gasteiger partial charge on any atom is 0.0596 e. The van der Waals surface area contributed by atoms with Gasteiger partial charge in [0.2, 0.25) is 0 Å². The smallest absolute Gasteiger partial charge is 0.0596 e. The normalized spacial score (nSPS) is 12.6. The van der Waals surface area contributed by atoms with Gasteiger partial charge in [0.1, 0.15) is 0 Å². The third-order valence-electron chi connectivity index (χ3n) is 3.20. The van der Waals surface area contributed by atoms with E-state index in [9.17, 15) is 0 Å². The van der Waals surface area contributed by atoms with Crippen molar-refractivity contribution in [3.8, 4) is 0 Å². The van der Waals surface area contributed by atoms with Crippen molar-refractivity contribution in [2.45, 2.75) is 32.7 Å². The lowest BCUT2D eigenvalue weighted by Gasteiger charge is -2.15. The number of alkyl halides is 1. The summed E-state index contributed by atoms with van der Waals surface area (Å²) in [4.78, 5) is 0. The summed E-state index contributed by atoms with van der Waals surface area (Å²) in [7, 11) is 0. The summed E-state index contributed by atoms with van der Waals surface area (Å²) in [5, 5.41) is 5.49. The molecule has 3 heteroatoms. The molecule has 1 unspecified atom stereocenters. The van der Waals surface area contributed by atoms with Crippen LogP contribution in [0.25, 0.3) is 0 Å². The van der Waals surface area contributed by atoms with Crippen LogP contribution in [0, 0.1) is 6.92 Å². The van der Waals surface area contributed by atoms with Gasteiger partial charge in [0, 0.05) is 17.6 Å². The van der Waals surface area contributed by atoms with Crippen molar-refractivity contribution >= 4 is 15.9 Å². The van der Waals surface area contributed by atoms with E-state index in [1.807, 2.05) is 0 Å². The first-order valence-corrected chi connectivity index (χ1v) is 7.51. The van der Waals surface area contributed by atoms with Crippen molar-refractivity contribution in [1.29, 1.82) is 0 Å². The second-order valence-electron chi connectivity index (χ2n) is 4.56. The van der Waals surface area contributed by atoms with E-state index in [0.29, 0.717) is 5.92 Å². The van der Waals surface area contributed by atoms with E-state index < -0.39 is 0 Å². The van der Waals surface area contributed by atoms with Crippen LogP contribution in [0.2, 0.25) is 0 Å². The molecule has 0 aliphatic rings. The molecule has 0 saturated carbocycles.